The van der Waals surface area contributed by atoms with Gasteiger partial charge in [-0.25, -0.2) is 8.42 Å². The lowest BCUT2D eigenvalue weighted by Gasteiger charge is -2.08. The summed E-state index contributed by atoms with van der Waals surface area (Å²) in [6.07, 6.45) is 0. The van der Waals surface area contributed by atoms with Crippen LogP contribution in [0.25, 0.3) is 0 Å². The molecule has 0 fully saturated rings. The van der Waals surface area contributed by atoms with Gasteiger partial charge in [0.2, 0.25) is 9.84 Å². The van der Waals surface area contributed by atoms with Gasteiger partial charge in [-0.05, 0) is 30.3 Å². The van der Waals surface area contributed by atoms with Crippen LogP contribution in [0.4, 0.5) is 11.4 Å². The number of nitrogens with two attached hydrogens (primary N) is 1. The van der Waals surface area contributed by atoms with Crippen LogP contribution in [0.2, 0.25) is 0 Å². The monoisotopic (exact) mass is 262 g/mol. The summed E-state index contributed by atoms with van der Waals surface area (Å²) in [6.45, 7) is 0. The van der Waals surface area contributed by atoms with E-state index in [1.165, 1.54) is 6.07 Å². The number of anilines is 2. The van der Waals surface area contributed by atoms with Crippen molar-refractivity contribution in [2.75, 3.05) is 18.1 Å². The summed E-state index contributed by atoms with van der Waals surface area (Å²) in [5.41, 5.74) is 6.90. The normalized spacial score (nSPS) is 11.2. The van der Waals surface area contributed by atoms with Gasteiger partial charge in [0.05, 0.1) is 21.2 Å². The largest absolute Gasteiger partial charge is 0.397 e. The van der Waals surface area contributed by atoms with E-state index in [2.05, 4.69) is 5.32 Å². The molecular weight excluding hydrogens is 248 g/mol. The van der Waals surface area contributed by atoms with Crippen LogP contribution in [0.1, 0.15) is 0 Å². The van der Waals surface area contributed by atoms with E-state index in [1.807, 2.05) is 0 Å². The fraction of sp³-hybridized carbons (Fsp3) is 0.0769. The van der Waals surface area contributed by atoms with Gasteiger partial charge in [-0.2, -0.15) is 0 Å². The van der Waals surface area contributed by atoms with Crippen LogP contribution in [0.3, 0.4) is 0 Å². The van der Waals surface area contributed by atoms with Gasteiger partial charge in [0.15, 0.2) is 0 Å². The van der Waals surface area contributed by atoms with Crippen molar-refractivity contribution in [2.45, 2.75) is 9.79 Å². The van der Waals surface area contributed by atoms with Crippen LogP contribution in [-0.2, 0) is 9.84 Å². The second-order valence-corrected chi connectivity index (χ2v) is 5.77. The van der Waals surface area contributed by atoms with E-state index in [9.17, 15) is 8.42 Å². The Morgan fingerprint density at radius 1 is 1.00 bits per heavy atom. The second kappa shape index (κ2) is 4.70. The molecule has 0 aliphatic heterocycles. The highest BCUT2D eigenvalue weighted by atomic mass is 32.2. The van der Waals surface area contributed by atoms with Gasteiger partial charge in [0.1, 0.15) is 0 Å². The average molecular weight is 262 g/mol. The highest BCUT2D eigenvalue weighted by Crippen LogP contribution is 2.26. The molecule has 0 radical (unpaired) electrons. The summed E-state index contributed by atoms with van der Waals surface area (Å²) in [4.78, 5) is 0.465. The summed E-state index contributed by atoms with van der Waals surface area (Å²) in [5.74, 6) is 0. The standard InChI is InChI=1S/C13H14N2O2S/c1-15-13-8-7-11(9-12(13)14)18(16,17)10-5-3-2-4-6-10/h2-9,15H,14H2,1H3. The molecule has 0 unspecified atom stereocenters. The quantitative estimate of drug-likeness (QED) is 0.831. The lowest BCUT2D eigenvalue weighted by molar-refractivity contribution is 0.596. The molecule has 94 valence electrons. The summed E-state index contributed by atoms with van der Waals surface area (Å²) in [5, 5.41) is 2.89. The van der Waals surface area contributed by atoms with Crippen LogP contribution < -0.4 is 11.1 Å². The first kappa shape index (κ1) is 12.4. The third kappa shape index (κ3) is 2.17. The van der Waals surface area contributed by atoms with Gasteiger partial charge >= 0.3 is 0 Å². The maximum atomic E-state index is 12.3. The molecule has 4 nitrogen and oxygen atoms in total. The Hall–Kier alpha value is -2.01. The number of hydrogen-bond donors (Lipinski definition) is 2. The first-order chi connectivity index (χ1) is 8.55. The maximum Gasteiger partial charge on any atom is 0.206 e. The van der Waals surface area contributed by atoms with Crippen molar-refractivity contribution in [2.24, 2.45) is 0 Å². The Bertz CT molecular complexity index is 652. The first-order valence-electron chi connectivity index (χ1n) is 5.43. The summed E-state index contributed by atoms with van der Waals surface area (Å²) < 4.78 is 24.6. The van der Waals surface area contributed by atoms with E-state index in [-0.39, 0.29) is 9.79 Å². The minimum Gasteiger partial charge on any atom is -0.397 e. The molecular formula is C13H14N2O2S. The number of hydrogen-bond acceptors (Lipinski definition) is 4. The summed E-state index contributed by atoms with van der Waals surface area (Å²) >= 11 is 0. The predicted molar refractivity (Wildman–Crippen MR) is 72.3 cm³/mol. The fourth-order valence-electron chi connectivity index (χ4n) is 1.67. The molecule has 0 bridgehead atoms. The van der Waals surface area contributed by atoms with Crippen LogP contribution in [0.5, 0.6) is 0 Å². The maximum absolute atomic E-state index is 12.3. The van der Waals surface area contributed by atoms with Crippen LogP contribution in [-0.4, -0.2) is 15.5 Å². The molecule has 5 heteroatoms. The number of sulfone groups is 1. The molecule has 0 saturated carbocycles. The number of nitrogen functional groups attached to an aromatic ring is 1. The molecule has 2 aromatic carbocycles. The predicted octanol–water partition coefficient (Wildman–Crippen LogP) is 2.14. The summed E-state index contributed by atoms with van der Waals surface area (Å²) in [7, 11) is -1.76. The molecule has 0 heterocycles. The first-order valence-corrected chi connectivity index (χ1v) is 6.91. The van der Waals surface area contributed by atoms with Crippen molar-refractivity contribution in [1.29, 1.82) is 0 Å². The van der Waals surface area contributed by atoms with Gasteiger partial charge in [-0.1, -0.05) is 18.2 Å². The molecule has 2 rings (SSSR count). The van der Waals surface area contributed by atoms with Gasteiger partial charge in [-0.15, -0.1) is 0 Å². The van der Waals surface area contributed by atoms with Crippen molar-refractivity contribution >= 4 is 21.2 Å². The topological polar surface area (TPSA) is 72.2 Å². The molecule has 0 aliphatic carbocycles. The molecule has 0 saturated heterocycles. The number of nitrogens with one attached hydrogen (secondary N) is 1. The molecule has 0 spiro atoms. The van der Waals surface area contributed by atoms with Crippen molar-refractivity contribution < 1.29 is 8.42 Å². The van der Waals surface area contributed by atoms with Crippen molar-refractivity contribution in [3.8, 4) is 0 Å². The van der Waals surface area contributed by atoms with Crippen molar-refractivity contribution in [1.82, 2.24) is 0 Å². The zero-order valence-electron chi connectivity index (χ0n) is 9.92. The smallest absolute Gasteiger partial charge is 0.206 e. The fourth-order valence-corrected chi connectivity index (χ4v) is 2.99. The number of rotatable bonds is 3. The van der Waals surface area contributed by atoms with Crippen molar-refractivity contribution in [3.05, 3.63) is 48.5 Å². The highest BCUT2D eigenvalue weighted by Gasteiger charge is 2.17. The molecule has 0 aliphatic rings. The van der Waals surface area contributed by atoms with Crippen LogP contribution in [0, 0.1) is 0 Å². The van der Waals surface area contributed by atoms with Crippen LogP contribution in [0.15, 0.2) is 58.3 Å². The van der Waals surface area contributed by atoms with Gasteiger partial charge < -0.3 is 11.1 Å². The van der Waals surface area contributed by atoms with E-state index in [1.54, 1.807) is 49.5 Å². The molecule has 18 heavy (non-hydrogen) atoms. The number of benzene rings is 2. The van der Waals surface area contributed by atoms with E-state index < -0.39 is 9.84 Å². The highest BCUT2D eigenvalue weighted by molar-refractivity contribution is 7.91. The van der Waals surface area contributed by atoms with Gasteiger partial charge in [-0.3, -0.25) is 0 Å². The lowest BCUT2D eigenvalue weighted by atomic mass is 10.3. The Kier molecular flexibility index (Phi) is 3.25. The van der Waals surface area contributed by atoms with E-state index >= 15 is 0 Å². The third-order valence-corrected chi connectivity index (χ3v) is 4.42. The zero-order chi connectivity index (χ0) is 13.2. The lowest BCUT2D eigenvalue weighted by Crippen LogP contribution is -2.04. The Morgan fingerprint density at radius 2 is 1.67 bits per heavy atom. The Morgan fingerprint density at radius 3 is 2.22 bits per heavy atom. The zero-order valence-corrected chi connectivity index (χ0v) is 10.7. The van der Waals surface area contributed by atoms with E-state index in [0.29, 0.717) is 11.4 Å². The Balaban J connectivity index is 2.52. The van der Waals surface area contributed by atoms with Crippen LogP contribution >= 0.6 is 0 Å². The second-order valence-electron chi connectivity index (χ2n) is 3.82. The van der Waals surface area contributed by atoms with Gasteiger partial charge in [0.25, 0.3) is 0 Å². The minimum absolute atomic E-state index is 0.199. The van der Waals surface area contributed by atoms with E-state index in [0.717, 1.165) is 0 Å². The minimum atomic E-state index is -3.49. The Labute approximate surface area is 106 Å². The molecule has 3 N–H and O–H groups in total. The van der Waals surface area contributed by atoms with Gasteiger partial charge in [0, 0.05) is 7.05 Å². The average Bonchev–Trinajstić information content (AvgIpc) is 2.39. The van der Waals surface area contributed by atoms with E-state index in [4.69, 9.17) is 5.73 Å². The molecule has 2 aromatic rings. The molecule has 0 amide bonds. The third-order valence-electron chi connectivity index (χ3n) is 2.66. The molecule has 0 aromatic heterocycles. The van der Waals surface area contributed by atoms with Crippen molar-refractivity contribution in [3.63, 3.8) is 0 Å². The summed E-state index contributed by atoms with van der Waals surface area (Å²) in [6, 6.07) is 13.0. The molecule has 0 atom stereocenters. The SMILES string of the molecule is CNc1ccc(S(=O)(=O)c2ccccc2)cc1N.